The molecule has 25 heavy (non-hydrogen) atoms. The molecule has 0 atom stereocenters. The van der Waals surface area contributed by atoms with E-state index in [1.807, 2.05) is 42.5 Å². The molecule has 1 amide bonds. The van der Waals surface area contributed by atoms with Crippen molar-refractivity contribution in [2.24, 2.45) is 0 Å². The number of halogens is 1. The number of nitrogens with one attached hydrogen (secondary N) is 1. The summed E-state index contributed by atoms with van der Waals surface area (Å²) in [6.45, 7) is 10.7. The zero-order chi connectivity index (χ0) is 18.6. The molecule has 0 aliphatic rings. The van der Waals surface area contributed by atoms with E-state index in [4.69, 9.17) is 4.74 Å². The fraction of sp³-hybridized carbons (Fsp3) is 0.381. The predicted octanol–water partition coefficient (Wildman–Crippen LogP) is 5.89. The maximum absolute atomic E-state index is 12.2. The van der Waals surface area contributed by atoms with Crippen LogP contribution in [0.4, 0.5) is 5.69 Å². The van der Waals surface area contributed by atoms with Crippen molar-refractivity contribution < 1.29 is 9.53 Å². The molecular formula is C21H26BrNO2. The zero-order valence-corrected chi connectivity index (χ0v) is 17.1. The summed E-state index contributed by atoms with van der Waals surface area (Å²) in [4.78, 5) is 12.2. The summed E-state index contributed by atoms with van der Waals surface area (Å²) >= 11 is 3.54. The van der Waals surface area contributed by atoms with Crippen LogP contribution in [0, 0.1) is 0 Å². The lowest BCUT2D eigenvalue weighted by molar-refractivity contribution is -0.118. The third-order valence-electron chi connectivity index (χ3n) is 4.01. The minimum Gasteiger partial charge on any atom is -0.483 e. The second-order valence-electron chi connectivity index (χ2n) is 7.47. The van der Waals surface area contributed by atoms with Gasteiger partial charge in [-0.05, 0) is 56.6 Å². The molecule has 1 N–H and O–H groups in total. The van der Waals surface area contributed by atoms with E-state index < -0.39 is 0 Å². The van der Waals surface area contributed by atoms with Crippen molar-refractivity contribution in [3.05, 3.63) is 58.1 Å². The molecule has 0 saturated heterocycles. The van der Waals surface area contributed by atoms with Gasteiger partial charge in [0.2, 0.25) is 0 Å². The highest BCUT2D eigenvalue weighted by molar-refractivity contribution is 9.10. The first-order valence-electron chi connectivity index (χ1n) is 8.50. The second-order valence-corrected chi connectivity index (χ2v) is 8.33. The Bertz CT molecular complexity index is 748. The number of rotatable bonds is 5. The van der Waals surface area contributed by atoms with Gasteiger partial charge in [-0.3, -0.25) is 4.79 Å². The summed E-state index contributed by atoms with van der Waals surface area (Å²) in [7, 11) is 0. The maximum Gasteiger partial charge on any atom is 0.262 e. The molecule has 0 aromatic heterocycles. The molecule has 2 aromatic carbocycles. The SMILES string of the molecule is CC(C)c1ccccc1OCC(=O)Nc1ccc(C(C)(C)C)cc1Br. The van der Waals surface area contributed by atoms with Gasteiger partial charge < -0.3 is 10.1 Å². The van der Waals surface area contributed by atoms with Gasteiger partial charge in [0.1, 0.15) is 5.75 Å². The molecule has 0 heterocycles. The predicted molar refractivity (Wildman–Crippen MR) is 107 cm³/mol. The van der Waals surface area contributed by atoms with E-state index in [-0.39, 0.29) is 17.9 Å². The van der Waals surface area contributed by atoms with E-state index in [0.717, 1.165) is 21.5 Å². The number of carbonyl (C=O) groups is 1. The van der Waals surface area contributed by atoms with E-state index in [2.05, 4.69) is 55.9 Å². The van der Waals surface area contributed by atoms with Crippen LogP contribution in [0.2, 0.25) is 0 Å². The average molecular weight is 404 g/mol. The van der Waals surface area contributed by atoms with Crippen LogP contribution in [0.3, 0.4) is 0 Å². The lowest BCUT2D eigenvalue weighted by Gasteiger charge is -2.20. The van der Waals surface area contributed by atoms with Crippen molar-refractivity contribution in [1.82, 2.24) is 0 Å². The Morgan fingerprint density at radius 3 is 2.44 bits per heavy atom. The molecule has 0 aliphatic carbocycles. The van der Waals surface area contributed by atoms with Crippen molar-refractivity contribution in [3.8, 4) is 5.75 Å². The van der Waals surface area contributed by atoms with E-state index in [1.54, 1.807) is 0 Å². The normalized spacial score (nSPS) is 11.5. The molecule has 0 saturated carbocycles. The molecular weight excluding hydrogens is 378 g/mol. The molecule has 0 spiro atoms. The lowest BCUT2D eigenvalue weighted by Crippen LogP contribution is -2.21. The monoisotopic (exact) mass is 403 g/mol. The Balaban J connectivity index is 2.02. The summed E-state index contributed by atoms with van der Waals surface area (Å²) < 4.78 is 6.59. The van der Waals surface area contributed by atoms with Crippen molar-refractivity contribution in [3.63, 3.8) is 0 Å². The van der Waals surface area contributed by atoms with Gasteiger partial charge in [0.05, 0.1) is 5.69 Å². The van der Waals surface area contributed by atoms with E-state index in [9.17, 15) is 4.79 Å². The van der Waals surface area contributed by atoms with Gasteiger partial charge in [0, 0.05) is 4.47 Å². The van der Waals surface area contributed by atoms with Gasteiger partial charge in [-0.25, -0.2) is 0 Å². The van der Waals surface area contributed by atoms with Gasteiger partial charge in [-0.15, -0.1) is 0 Å². The van der Waals surface area contributed by atoms with E-state index >= 15 is 0 Å². The minimum absolute atomic E-state index is 0.0167. The van der Waals surface area contributed by atoms with E-state index in [0.29, 0.717) is 5.92 Å². The van der Waals surface area contributed by atoms with Crippen LogP contribution >= 0.6 is 15.9 Å². The Morgan fingerprint density at radius 1 is 1.16 bits per heavy atom. The average Bonchev–Trinajstić information content (AvgIpc) is 2.54. The number of anilines is 1. The maximum atomic E-state index is 12.2. The highest BCUT2D eigenvalue weighted by Gasteiger charge is 2.16. The number of hydrogen-bond donors (Lipinski definition) is 1. The highest BCUT2D eigenvalue weighted by Crippen LogP contribution is 2.30. The van der Waals surface area contributed by atoms with Crippen molar-refractivity contribution in [2.75, 3.05) is 11.9 Å². The number of carbonyl (C=O) groups excluding carboxylic acids is 1. The van der Waals surface area contributed by atoms with Crippen LogP contribution in [-0.4, -0.2) is 12.5 Å². The molecule has 134 valence electrons. The second kappa shape index (κ2) is 8.05. The van der Waals surface area contributed by atoms with Crippen LogP contribution < -0.4 is 10.1 Å². The third-order valence-corrected chi connectivity index (χ3v) is 4.67. The number of benzene rings is 2. The smallest absolute Gasteiger partial charge is 0.262 e. The highest BCUT2D eigenvalue weighted by atomic mass is 79.9. The fourth-order valence-electron chi connectivity index (χ4n) is 2.50. The molecule has 3 nitrogen and oxygen atoms in total. The quantitative estimate of drug-likeness (QED) is 0.675. The fourth-order valence-corrected chi connectivity index (χ4v) is 2.98. The summed E-state index contributed by atoms with van der Waals surface area (Å²) in [5.74, 6) is 0.927. The largest absolute Gasteiger partial charge is 0.483 e. The number of hydrogen-bond acceptors (Lipinski definition) is 2. The number of ether oxygens (including phenoxy) is 1. The molecule has 0 unspecified atom stereocenters. The molecule has 4 heteroatoms. The topological polar surface area (TPSA) is 38.3 Å². The van der Waals surface area contributed by atoms with Crippen molar-refractivity contribution in [1.29, 1.82) is 0 Å². The van der Waals surface area contributed by atoms with Gasteiger partial charge in [0.15, 0.2) is 6.61 Å². The van der Waals surface area contributed by atoms with Gasteiger partial charge in [0.25, 0.3) is 5.91 Å². The molecule has 2 aromatic rings. The zero-order valence-electron chi connectivity index (χ0n) is 15.5. The lowest BCUT2D eigenvalue weighted by atomic mass is 9.87. The van der Waals surface area contributed by atoms with Crippen LogP contribution in [0.5, 0.6) is 5.75 Å². The minimum atomic E-state index is -0.178. The van der Waals surface area contributed by atoms with Crippen LogP contribution in [0.25, 0.3) is 0 Å². The number of amides is 1. The third kappa shape index (κ3) is 5.33. The first-order chi connectivity index (χ1) is 11.7. The molecule has 0 aliphatic heterocycles. The van der Waals surface area contributed by atoms with Crippen molar-refractivity contribution in [2.45, 2.75) is 46.0 Å². The molecule has 0 radical (unpaired) electrons. The summed E-state index contributed by atoms with van der Waals surface area (Å²) in [6, 6.07) is 13.8. The van der Waals surface area contributed by atoms with Crippen LogP contribution in [0.1, 0.15) is 51.7 Å². The van der Waals surface area contributed by atoms with Gasteiger partial charge in [-0.1, -0.05) is 58.9 Å². The Morgan fingerprint density at radius 2 is 1.84 bits per heavy atom. The summed E-state index contributed by atoms with van der Waals surface area (Å²) in [5.41, 5.74) is 3.12. The summed E-state index contributed by atoms with van der Waals surface area (Å²) in [6.07, 6.45) is 0. The van der Waals surface area contributed by atoms with Crippen LogP contribution in [-0.2, 0) is 10.2 Å². The Hall–Kier alpha value is -1.81. The summed E-state index contributed by atoms with van der Waals surface area (Å²) in [5, 5.41) is 2.90. The van der Waals surface area contributed by atoms with Crippen molar-refractivity contribution >= 4 is 27.5 Å². The van der Waals surface area contributed by atoms with Crippen LogP contribution in [0.15, 0.2) is 46.9 Å². The van der Waals surface area contributed by atoms with Gasteiger partial charge >= 0.3 is 0 Å². The standard InChI is InChI=1S/C21H26BrNO2/c1-14(2)16-8-6-7-9-19(16)25-13-20(24)23-18-11-10-15(12-17(18)22)21(3,4)5/h6-12,14H,13H2,1-5H3,(H,23,24). The number of para-hydroxylation sites is 1. The van der Waals surface area contributed by atoms with Gasteiger partial charge in [-0.2, -0.15) is 0 Å². The Labute approximate surface area is 158 Å². The first-order valence-corrected chi connectivity index (χ1v) is 9.29. The molecule has 2 rings (SSSR count). The van der Waals surface area contributed by atoms with E-state index in [1.165, 1.54) is 5.56 Å². The Kier molecular flexibility index (Phi) is 6.28. The molecule has 0 fully saturated rings. The molecule has 0 bridgehead atoms. The first kappa shape index (κ1) is 19.5.